The third-order valence-electron chi connectivity index (χ3n) is 5.41. The van der Waals surface area contributed by atoms with E-state index in [1.807, 2.05) is 6.92 Å². The molecule has 2 heterocycles. The van der Waals surface area contributed by atoms with Gasteiger partial charge in [0.1, 0.15) is 23.2 Å². The molecule has 10 nitrogen and oxygen atoms in total. The summed E-state index contributed by atoms with van der Waals surface area (Å²) in [6.45, 7) is 5.34. The van der Waals surface area contributed by atoms with Crippen molar-refractivity contribution in [1.29, 1.82) is 0 Å². The zero-order valence-corrected chi connectivity index (χ0v) is 19.3. The first-order valence-corrected chi connectivity index (χ1v) is 11.5. The van der Waals surface area contributed by atoms with E-state index in [0.717, 1.165) is 18.0 Å². The normalized spacial score (nSPS) is 25.0. The molecule has 1 aromatic rings. The molecule has 1 aliphatic rings. The van der Waals surface area contributed by atoms with Gasteiger partial charge in [0.05, 0.1) is 12.3 Å². The molecule has 31 heavy (non-hydrogen) atoms. The maximum atomic E-state index is 13.1. The van der Waals surface area contributed by atoms with E-state index in [1.165, 1.54) is 14.0 Å². The predicted molar refractivity (Wildman–Crippen MR) is 115 cm³/mol. The molecule has 1 fully saturated rings. The lowest BCUT2D eigenvalue weighted by Crippen LogP contribution is -2.48. The minimum Gasteiger partial charge on any atom is -0.388 e. The number of carbonyl (C=O) groups is 2. The van der Waals surface area contributed by atoms with Crippen LogP contribution in [0.4, 0.5) is 0 Å². The van der Waals surface area contributed by atoms with Gasteiger partial charge in [0.2, 0.25) is 5.91 Å². The highest BCUT2D eigenvalue weighted by Gasteiger charge is 2.29. The zero-order chi connectivity index (χ0) is 22.8. The number of rotatable bonds is 3. The van der Waals surface area contributed by atoms with Crippen LogP contribution in [0.15, 0.2) is 0 Å². The molecule has 0 saturated carbocycles. The van der Waals surface area contributed by atoms with Gasteiger partial charge < -0.3 is 29.5 Å². The van der Waals surface area contributed by atoms with E-state index < -0.39 is 18.3 Å². The molecule has 0 bridgehead atoms. The quantitative estimate of drug-likeness (QED) is 0.664. The van der Waals surface area contributed by atoms with Gasteiger partial charge in [-0.15, -0.1) is 5.10 Å². The van der Waals surface area contributed by atoms with Crippen molar-refractivity contribution in [3.8, 4) is 0 Å². The summed E-state index contributed by atoms with van der Waals surface area (Å²) in [5, 5.41) is 24.7. The summed E-state index contributed by atoms with van der Waals surface area (Å²) >= 11 is 1.11. The first-order chi connectivity index (χ1) is 14.9. The molecule has 11 heteroatoms. The molecule has 0 aromatic carbocycles. The SMILES string of the molecule is CCc1nnsc1C(=O)N1CCCCOC[C@H](O)[C@H](O)[C@@H](OC)CN(C(C)=O)CCC1. The van der Waals surface area contributed by atoms with Crippen molar-refractivity contribution in [2.24, 2.45) is 0 Å². The Bertz CT molecular complexity index is 703. The molecule has 0 unspecified atom stereocenters. The summed E-state index contributed by atoms with van der Waals surface area (Å²) in [7, 11) is 1.43. The fourth-order valence-corrected chi connectivity index (χ4v) is 4.21. The Morgan fingerprint density at radius 3 is 2.58 bits per heavy atom. The van der Waals surface area contributed by atoms with Gasteiger partial charge in [-0.2, -0.15) is 0 Å². The second-order valence-corrected chi connectivity index (χ2v) is 8.38. The van der Waals surface area contributed by atoms with Crippen LogP contribution in [0, 0.1) is 0 Å². The fraction of sp³-hybridized carbons (Fsp3) is 0.800. The lowest BCUT2D eigenvalue weighted by molar-refractivity contribution is -0.136. The number of hydrogen-bond acceptors (Lipinski definition) is 9. The second kappa shape index (κ2) is 13.0. The van der Waals surface area contributed by atoms with Gasteiger partial charge in [-0.1, -0.05) is 11.4 Å². The number of aliphatic hydroxyl groups excluding tert-OH is 2. The highest BCUT2D eigenvalue weighted by Crippen LogP contribution is 2.16. The van der Waals surface area contributed by atoms with E-state index >= 15 is 0 Å². The van der Waals surface area contributed by atoms with Crippen molar-refractivity contribution >= 4 is 23.3 Å². The van der Waals surface area contributed by atoms with Crippen LogP contribution < -0.4 is 0 Å². The number of aromatic nitrogens is 2. The molecule has 176 valence electrons. The Labute approximate surface area is 187 Å². The van der Waals surface area contributed by atoms with Crippen molar-refractivity contribution < 1.29 is 29.3 Å². The van der Waals surface area contributed by atoms with E-state index in [9.17, 15) is 19.8 Å². The molecular weight excluding hydrogens is 424 g/mol. The van der Waals surface area contributed by atoms with Gasteiger partial charge >= 0.3 is 0 Å². The van der Waals surface area contributed by atoms with E-state index in [4.69, 9.17) is 9.47 Å². The monoisotopic (exact) mass is 458 g/mol. The number of ether oxygens (including phenoxy) is 2. The zero-order valence-electron chi connectivity index (χ0n) is 18.5. The molecule has 0 spiro atoms. The summed E-state index contributed by atoms with van der Waals surface area (Å²) in [6.07, 6.45) is -0.392. The molecule has 3 atom stereocenters. The largest absolute Gasteiger partial charge is 0.388 e. The van der Waals surface area contributed by atoms with Crippen LogP contribution in [0.1, 0.15) is 48.5 Å². The molecule has 0 radical (unpaired) electrons. The topological polar surface area (TPSA) is 125 Å². The Hall–Kier alpha value is -1.66. The summed E-state index contributed by atoms with van der Waals surface area (Å²) in [5.41, 5.74) is 0.700. The van der Waals surface area contributed by atoms with Gasteiger partial charge in [0.15, 0.2) is 0 Å². The minimum absolute atomic E-state index is 0.0316. The van der Waals surface area contributed by atoms with E-state index in [0.29, 0.717) is 56.1 Å². The molecule has 1 saturated heterocycles. The minimum atomic E-state index is -1.18. The third-order valence-corrected chi connectivity index (χ3v) is 6.16. The number of hydrogen-bond donors (Lipinski definition) is 2. The summed E-state index contributed by atoms with van der Waals surface area (Å²) in [6, 6.07) is 0. The highest BCUT2D eigenvalue weighted by atomic mass is 32.1. The van der Waals surface area contributed by atoms with Crippen LogP contribution in [0.5, 0.6) is 0 Å². The smallest absolute Gasteiger partial charge is 0.267 e. The third kappa shape index (κ3) is 7.46. The summed E-state index contributed by atoms with van der Waals surface area (Å²) in [4.78, 5) is 29.1. The van der Waals surface area contributed by atoms with Crippen LogP contribution in [-0.4, -0.2) is 106 Å². The van der Waals surface area contributed by atoms with Crippen molar-refractivity contribution in [2.75, 3.05) is 46.5 Å². The molecular formula is C20H34N4O6S. The van der Waals surface area contributed by atoms with Gasteiger partial charge in [0, 0.05) is 46.8 Å². The summed E-state index contributed by atoms with van der Waals surface area (Å²) < 4.78 is 14.8. The van der Waals surface area contributed by atoms with Crippen LogP contribution in [0.25, 0.3) is 0 Å². The Morgan fingerprint density at radius 2 is 1.90 bits per heavy atom. The van der Waals surface area contributed by atoms with E-state index in [1.54, 1.807) is 9.80 Å². The van der Waals surface area contributed by atoms with Gasteiger partial charge in [-0.3, -0.25) is 9.59 Å². The second-order valence-electron chi connectivity index (χ2n) is 7.63. The number of methoxy groups -OCH3 is 1. The van der Waals surface area contributed by atoms with Crippen molar-refractivity contribution in [3.63, 3.8) is 0 Å². The van der Waals surface area contributed by atoms with Crippen molar-refractivity contribution in [3.05, 3.63) is 10.6 Å². The maximum Gasteiger partial charge on any atom is 0.267 e. The van der Waals surface area contributed by atoms with Crippen LogP contribution in [-0.2, 0) is 20.7 Å². The number of carbonyl (C=O) groups excluding carboxylic acids is 2. The average molecular weight is 459 g/mol. The lowest BCUT2D eigenvalue weighted by atomic mass is 10.1. The lowest BCUT2D eigenvalue weighted by Gasteiger charge is -2.31. The molecule has 2 N–H and O–H groups in total. The predicted octanol–water partition coefficient (Wildman–Crippen LogP) is 0.329. The molecule has 1 aromatic heterocycles. The van der Waals surface area contributed by atoms with Gasteiger partial charge in [-0.05, 0) is 37.2 Å². The average Bonchev–Trinajstić information content (AvgIpc) is 3.23. The first kappa shape index (κ1) is 25.6. The molecule has 1 aliphatic heterocycles. The molecule has 2 amide bonds. The standard InChI is InChI=1S/C20H34N4O6S/c1-4-15-19(31-22-21-15)20(28)23-8-5-6-11-30-13-16(26)18(27)17(29-3)12-24(14(2)25)10-7-9-23/h16-18,26-27H,4-13H2,1-3H3/t16-,17-,18-/m0/s1. The first-order valence-electron chi connectivity index (χ1n) is 10.7. The Morgan fingerprint density at radius 1 is 1.19 bits per heavy atom. The number of amides is 2. The van der Waals surface area contributed by atoms with Crippen molar-refractivity contribution in [1.82, 2.24) is 19.4 Å². The van der Waals surface area contributed by atoms with Gasteiger partial charge in [-0.25, -0.2) is 0 Å². The van der Waals surface area contributed by atoms with E-state index in [2.05, 4.69) is 9.59 Å². The molecule has 0 aliphatic carbocycles. The Balaban J connectivity index is 2.14. The Kier molecular flexibility index (Phi) is 10.7. The van der Waals surface area contributed by atoms with Crippen LogP contribution >= 0.6 is 11.5 Å². The van der Waals surface area contributed by atoms with E-state index in [-0.39, 0.29) is 25.0 Å². The fourth-order valence-electron chi connectivity index (χ4n) is 3.49. The number of nitrogens with zero attached hydrogens (tertiary/aromatic N) is 4. The highest BCUT2D eigenvalue weighted by molar-refractivity contribution is 7.08. The van der Waals surface area contributed by atoms with Crippen molar-refractivity contribution in [2.45, 2.75) is 57.8 Å². The van der Waals surface area contributed by atoms with Crippen LogP contribution in [0.2, 0.25) is 0 Å². The summed E-state index contributed by atoms with van der Waals surface area (Å²) in [5.74, 6) is -0.255. The maximum absolute atomic E-state index is 13.1. The molecule has 2 rings (SSSR count). The van der Waals surface area contributed by atoms with Gasteiger partial charge in [0.25, 0.3) is 5.91 Å². The number of aliphatic hydroxyl groups is 2. The van der Waals surface area contributed by atoms with Crippen LogP contribution in [0.3, 0.4) is 0 Å². The number of aryl methyl sites for hydroxylation is 1.